The summed E-state index contributed by atoms with van der Waals surface area (Å²) >= 11 is 0. The molecule has 0 aromatic carbocycles. The van der Waals surface area contributed by atoms with Gasteiger partial charge < -0.3 is 16.6 Å². The number of nitrogen functional groups attached to an aromatic ring is 2. The third-order valence-corrected chi connectivity index (χ3v) is 2.84. The van der Waals surface area contributed by atoms with Crippen molar-refractivity contribution in [3.63, 3.8) is 0 Å². The molecule has 0 radical (unpaired) electrons. The summed E-state index contributed by atoms with van der Waals surface area (Å²) in [7, 11) is 0. The van der Waals surface area contributed by atoms with Gasteiger partial charge in [-0.1, -0.05) is 0 Å². The summed E-state index contributed by atoms with van der Waals surface area (Å²) in [5, 5.41) is 22.5. The summed E-state index contributed by atoms with van der Waals surface area (Å²) in [5.41, 5.74) is 11.5. The molecule has 0 spiro atoms. The number of nitrogens with two attached hydrogens (primary N) is 2. The summed E-state index contributed by atoms with van der Waals surface area (Å²) in [6, 6.07) is 1.76. The normalized spacial score (nSPS) is 25.3. The van der Waals surface area contributed by atoms with Crippen LogP contribution >= 0.6 is 0 Å². The molecule has 2 atom stereocenters. The standard InChI is InChI=1S/C9H13N5O/c10-4-5-8(11)13-14(9(5)12)6-2-1-3-7(6)15/h6-7,15H,1-3,12H2,(H2,11,13). The SMILES string of the molecule is N#Cc1c(N)nn(C2CCCC2O)c1N. The molecule has 0 saturated heterocycles. The zero-order chi connectivity index (χ0) is 11.0. The second-order valence-electron chi connectivity index (χ2n) is 3.77. The number of aliphatic hydroxyl groups is 1. The van der Waals surface area contributed by atoms with Crippen LogP contribution in [-0.4, -0.2) is 21.0 Å². The van der Waals surface area contributed by atoms with Crippen molar-refractivity contribution in [1.82, 2.24) is 9.78 Å². The van der Waals surface area contributed by atoms with E-state index in [4.69, 9.17) is 16.7 Å². The lowest BCUT2D eigenvalue weighted by Crippen LogP contribution is -2.21. The monoisotopic (exact) mass is 207 g/mol. The molecule has 15 heavy (non-hydrogen) atoms. The first-order valence-corrected chi connectivity index (χ1v) is 4.86. The van der Waals surface area contributed by atoms with Crippen LogP contribution in [0.2, 0.25) is 0 Å². The molecule has 1 aliphatic rings. The van der Waals surface area contributed by atoms with E-state index in [-0.39, 0.29) is 23.2 Å². The quantitative estimate of drug-likeness (QED) is 0.600. The van der Waals surface area contributed by atoms with Crippen LogP contribution in [0.5, 0.6) is 0 Å². The number of nitriles is 1. The second-order valence-corrected chi connectivity index (χ2v) is 3.77. The van der Waals surface area contributed by atoms with Crippen LogP contribution in [0.3, 0.4) is 0 Å². The van der Waals surface area contributed by atoms with Gasteiger partial charge in [-0.15, -0.1) is 0 Å². The van der Waals surface area contributed by atoms with Gasteiger partial charge in [0.15, 0.2) is 5.82 Å². The minimum Gasteiger partial charge on any atom is -0.391 e. The van der Waals surface area contributed by atoms with Gasteiger partial charge in [-0.2, -0.15) is 10.4 Å². The van der Waals surface area contributed by atoms with E-state index in [2.05, 4.69) is 5.10 Å². The highest BCUT2D eigenvalue weighted by atomic mass is 16.3. The molecule has 2 unspecified atom stereocenters. The van der Waals surface area contributed by atoms with Crippen molar-refractivity contribution in [3.05, 3.63) is 5.56 Å². The van der Waals surface area contributed by atoms with Crippen molar-refractivity contribution in [2.75, 3.05) is 11.5 Å². The fourth-order valence-electron chi connectivity index (χ4n) is 2.04. The zero-order valence-electron chi connectivity index (χ0n) is 8.22. The van der Waals surface area contributed by atoms with Crippen LogP contribution in [0.25, 0.3) is 0 Å². The average Bonchev–Trinajstić information content (AvgIpc) is 2.71. The molecule has 2 rings (SSSR count). The predicted octanol–water partition coefficient (Wildman–Crippen LogP) is 0.00508. The number of nitrogens with zero attached hydrogens (tertiary/aromatic N) is 3. The minimum atomic E-state index is -0.446. The van der Waals surface area contributed by atoms with Gasteiger partial charge in [-0.25, -0.2) is 4.68 Å². The Morgan fingerprint density at radius 3 is 2.67 bits per heavy atom. The number of anilines is 2. The van der Waals surface area contributed by atoms with E-state index >= 15 is 0 Å². The lowest BCUT2D eigenvalue weighted by molar-refractivity contribution is 0.131. The van der Waals surface area contributed by atoms with Gasteiger partial charge in [-0.3, -0.25) is 0 Å². The van der Waals surface area contributed by atoms with Crippen molar-refractivity contribution >= 4 is 11.6 Å². The molecule has 5 N–H and O–H groups in total. The number of aliphatic hydroxyl groups excluding tert-OH is 1. The molecule has 0 bridgehead atoms. The van der Waals surface area contributed by atoms with E-state index in [9.17, 15) is 5.11 Å². The summed E-state index contributed by atoms with van der Waals surface area (Å²) in [6.45, 7) is 0. The van der Waals surface area contributed by atoms with Crippen molar-refractivity contribution in [3.8, 4) is 6.07 Å². The maximum atomic E-state index is 9.70. The highest BCUT2D eigenvalue weighted by molar-refractivity contribution is 5.61. The van der Waals surface area contributed by atoms with Gasteiger partial charge in [0, 0.05) is 0 Å². The van der Waals surface area contributed by atoms with Gasteiger partial charge in [-0.05, 0) is 19.3 Å². The number of hydrogen-bond donors (Lipinski definition) is 3. The molecule has 80 valence electrons. The highest BCUT2D eigenvalue weighted by Gasteiger charge is 2.30. The van der Waals surface area contributed by atoms with E-state index in [0.717, 1.165) is 19.3 Å². The third-order valence-electron chi connectivity index (χ3n) is 2.84. The lowest BCUT2D eigenvalue weighted by Gasteiger charge is -2.15. The molecule has 1 fully saturated rings. The molecule has 1 aromatic heterocycles. The van der Waals surface area contributed by atoms with Crippen molar-refractivity contribution in [2.45, 2.75) is 31.4 Å². The first kappa shape index (κ1) is 9.80. The Kier molecular flexibility index (Phi) is 2.25. The third kappa shape index (κ3) is 1.41. The Morgan fingerprint density at radius 1 is 1.47 bits per heavy atom. The Morgan fingerprint density at radius 2 is 2.20 bits per heavy atom. The average molecular weight is 207 g/mol. The fourth-order valence-corrected chi connectivity index (χ4v) is 2.04. The molecule has 0 aliphatic heterocycles. The predicted molar refractivity (Wildman–Crippen MR) is 54.7 cm³/mol. The van der Waals surface area contributed by atoms with E-state index in [1.54, 1.807) is 0 Å². The van der Waals surface area contributed by atoms with E-state index in [1.807, 2.05) is 6.07 Å². The molecule has 1 saturated carbocycles. The van der Waals surface area contributed by atoms with Crippen molar-refractivity contribution in [1.29, 1.82) is 5.26 Å². The van der Waals surface area contributed by atoms with Crippen LogP contribution in [0.1, 0.15) is 30.9 Å². The van der Waals surface area contributed by atoms with E-state index in [1.165, 1.54) is 4.68 Å². The maximum Gasteiger partial charge on any atom is 0.165 e. The lowest BCUT2D eigenvalue weighted by atomic mass is 10.2. The van der Waals surface area contributed by atoms with Crippen LogP contribution in [0, 0.1) is 11.3 Å². The van der Waals surface area contributed by atoms with Gasteiger partial charge in [0.1, 0.15) is 17.5 Å². The van der Waals surface area contributed by atoms with Crippen molar-refractivity contribution < 1.29 is 5.11 Å². The van der Waals surface area contributed by atoms with Crippen LogP contribution < -0.4 is 11.5 Å². The summed E-state index contributed by atoms with van der Waals surface area (Å²) < 4.78 is 1.48. The van der Waals surface area contributed by atoms with Gasteiger partial charge in [0.25, 0.3) is 0 Å². The Bertz CT molecular complexity index is 419. The Hall–Kier alpha value is -1.74. The van der Waals surface area contributed by atoms with Crippen LogP contribution in [0.15, 0.2) is 0 Å². The topological polar surface area (TPSA) is 114 Å². The zero-order valence-corrected chi connectivity index (χ0v) is 8.22. The fraction of sp³-hybridized carbons (Fsp3) is 0.556. The Labute approximate surface area is 87.1 Å². The maximum absolute atomic E-state index is 9.70. The number of hydrogen-bond acceptors (Lipinski definition) is 5. The van der Waals surface area contributed by atoms with E-state index < -0.39 is 6.10 Å². The van der Waals surface area contributed by atoms with Crippen LogP contribution in [0.4, 0.5) is 11.6 Å². The van der Waals surface area contributed by atoms with Gasteiger partial charge in [0.2, 0.25) is 0 Å². The largest absolute Gasteiger partial charge is 0.391 e. The van der Waals surface area contributed by atoms with Crippen molar-refractivity contribution in [2.24, 2.45) is 0 Å². The molecule has 6 nitrogen and oxygen atoms in total. The molecule has 1 heterocycles. The first-order chi connectivity index (χ1) is 7.15. The molecule has 1 aromatic rings. The summed E-state index contributed by atoms with van der Waals surface area (Å²) in [5.74, 6) is 0.384. The summed E-state index contributed by atoms with van der Waals surface area (Å²) in [6.07, 6.45) is 2.05. The van der Waals surface area contributed by atoms with Gasteiger partial charge in [0.05, 0.1) is 12.1 Å². The van der Waals surface area contributed by atoms with Gasteiger partial charge >= 0.3 is 0 Å². The highest BCUT2D eigenvalue weighted by Crippen LogP contribution is 2.33. The Balaban J connectivity index is 2.41. The molecule has 1 aliphatic carbocycles. The second kappa shape index (κ2) is 3.44. The van der Waals surface area contributed by atoms with E-state index in [0.29, 0.717) is 0 Å². The molecule has 6 heteroatoms. The minimum absolute atomic E-state index is 0.133. The molecule has 0 amide bonds. The smallest absolute Gasteiger partial charge is 0.165 e. The number of aromatic nitrogens is 2. The first-order valence-electron chi connectivity index (χ1n) is 4.86. The number of rotatable bonds is 1. The summed E-state index contributed by atoms with van der Waals surface area (Å²) in [4.78, 5) is 0. The van der Waals surface area contributed by atoms with Crippen LogP contribution in [-0.2, 0) is 0 Å². The molecular formula is C9H13N5O. The molecular weight excluding hydrogens is 194 g/mol.